The summed E-state index contributed by atoms with van der Waals surface area (Å²) in [6.45, 7) is 0. The van der Waals surface area contributed by atoms with Crippen molar-refractivity contribution in [1.82, 2.24) is 4.98 Å². The Morgan fingerprint density at radius 2 is 1.81 bits per heavy atom. The van der Waals surface area contributed by atoms with E-state index >= 15 is 0 Å². The second-order valence-electron chi connectivity index (χ2n) is 5.91. The van der Waals surface area contributed by atoms with Gasteiger partial charge in [0, 0.05) is 17.4 Å². The van der Waals surface area contributed by atoms with Gasteiger partial charge in [-0.05, 0) is 16.7 Å². The van der Waals surface area contributed by atoms with Crippen molar-refractivity contribution in [3.8, 4) is 17.2 Å². The van der Waals surface area contributed by atoms with E-state index < -0.39 is 5.97 Å². The molecule has 0 atom stereocenters. The number of benzene rings is 2. The second kappa shape index (κ2) is 8.39. The summed E-state index contributed by atoms with van der Waals surface area (Å²) in [5, 5.41) is 19.1. The van der Waals surface area contributed by atoms with E-state index in [0.29, 0.717) is 27.5 Å². The van der Waals surface area contributed by atoms with Crippen LogP contribution in [0.2, 0.25) is 0 Å². The number of aromatic amines is 1. The molecular formula is C21H16N2O3S. The first-order valence-corrected chi connectivity index (χ1v) is 9.20. The Kier molecular flexibility index (Phi) is 5.74. The summed E-state index contributed by atoms with van der Waals surface area (Å²) in [6, 6.07) is 20.2. The highest BCUT2D eigenvalue weighted by Crippen LogP contribution is 2.30. The number of nitrogens with one attached hydrogen (secondary N) is 1. The van der Waals surface area contributed by atoms with Gasteiger partial charge in [0.2, 0.25) is 5.56 Å². The molecule has 3 aromatic rings. The normalized spacial score (nSPS) is 10.3. The zero-order valence-electron chi connectivity index (χ0n) is 14.3. The van der Waals surface area contributed by atoms with Gasteiger partial charge in [0.05, 0.1) is 17.0 Å². The SMILES string of the molecule is N#Cc1c(-c2ccccc2)cc(=O)[nH]c1SCc1cccc(CC(=O)O)c1. The van der Waals surface area contributed by atoms with E-state index in [9.17, 15) is 14.9 Å². The third-order valence-electron chi connectivity index (χ3n) is 3.94. The average molecular weight is 376 g/mol. The molecule has 0 aliphatic heterocycles. The number of aromatic nitrogens is 1. The largest absolute Gasteiger partial charge is 0.481 e. The van der Waals surface area contributed by atoms with Crippen molar-refractivity contribution in [2.24, 2.45) is 0 Å². The van der Waals surface area contributed by atoms with Crippen molar-refractivity contribution in [2.75, 3.05) is 0 Å². The number of hydrogen-bond acceptors (Lipinski definition) is 4. The minimum absolute atomic E-state index is 0.0394. The predicted molar refractivity (Wildman–Crippen MR) is 105 cm³/mol. The van der Waals surface area contributed by atoms with Crippen LogP contribution in [0.5, 0.6) is 0 Å². The van der Waals surface area contributed by atoms with E-state index in [2.05, 4.69) is 11.1 Å². The predicted octanol–water partition coefficient (Wildman–Crippen LogP) is 3.83. The van der Waals surface area contributed by atoms with Crippen LogP contribution in [0.4, 0.5) is 0 Å². The zero-order chi connectivity index (χ0) is 19.2. The first-order valence-electron chi connectivity index (χ1n) is 8.22. The Morgan fingerprint density at radius 1 is 1.07 bits per heavy atom. The molecule has 2 aromatic carbocycles. The summed E-state index contributed by atoms with van der Waals surface area (Å²) >= 11 is 1.35. The molecule has 3 rings (SSSR count). The maximum absolute atomic E-state index is 12.1. The van der Waals surface area contributed by atoms with Crippen LogP contribution in [0.3, 0.4) is 0 Å². The van der Waals surface area contributed by atoms with Crippen LogP contribution in [0.25, 0.3) is 11.1 Å². The summed E-state index contributed by atoms with van der Waals surface area (Å²) in [5.74, 6) is -0.373. The number of carbonyl (C=O) groups is 1. The Labute approximate surface area is 160 Å². The smallest absolute Gasteiger partial charge is 0.307 e. The number of H-pyrrole nitrogens is 1. The maximum atomic E-state index is 12.1. The molecule has 0 saturated carbocycles. The monoisotopic (exact) mass is 376 g/mol. The number of pyridine rings is 1. The highest BCUT2D eigenvalue weighted by atomic mass is 32.2. The molecule has 0 aliphatic rings. The molecule has 0 unspecified atom stereocenters. The van der Waals surface area contributed by atoms with Crippen LogP contribution in [0, 0.1) is 11.3 Å². The number of carboxylic acid groups (broad SMARTS) is 1. The van der Waals surface area contributed by atoms with E-state index in [1.54, 1.807) is 6.07 Å². The molecule has 1 heterocycles. The lowest BCUT2D eigenvalue weighted by Gasteiger charge is -2.09. The van der Waals surface area contributed by atoms with Crippen LogP contribution in [-0.4, -0.2) is 16.1 Å². The second-order valence-corrected chi connectivity index (χ2v) is 6.89. The first kappa shape index (κ1) is 18.5. The van der Waals surface area contributed by atoms with Gasteiger partial charge >= 0.3 is 5.97 Å². The van der Waals surface area contributed by atoms with Crippen LogP contribution < -0.4 is 5.56 Å². The highest BCUT2D eigenvalue weighted by molar-refractivity contribution is 7.98. The zero-order valence-corrected chi connectivity index (χ0v) is 15.1. The molecule has 0 bridgehead atoms. The summed E-state index contributed by atoms with van der Waals surface area (Å²) in [7, 11) is 0. The van der Waals surface area contributed by atoms with E-state index in [4.69, 9.17) is 5.11 Å². The number of aliphatic carboxylic acids is 1. The third-order valence-corrected chi connectivity index (χ3v) is 5.01. The lowest BCUT2D eigenvalue weighted by Crippen LogP contribution is -2.08. The molecule has 1 aromatic heterocycles. The summed E-state index contributed by atoms with van der Waals surface area (Å²) < 4.78 is 0. The Hall–Kier alpha value is -3.30. The molecule has 0 amide bonds. The fraction of sp³-hybridized carbons (Fsp3) is 0.0952. The maximum Gasteiger partial charge on any atom is 0.307 e. The Balaban J connectivity index is 1.90. The molecule has 0 saturated heterocycles. The van der Waals surface area contributed by atoms with Crippen molar-refractivity contribution in [1.29, 1.82) is 5.26 Å². The van der Waals surface area contributed by atoms with E-state index in [0.717, 1.165) is 11.1 Å². The summed E-state index contributed by atoms with van der Waals surface area (Å²) in [4.78, 5) is 25.7. The molecule has 0 fully saturated rings. The highest BCUT2D eigenvalue weighted by Gasteiger charge is 2.13. The molecule has 5 nitrogen and oxygen atoms in total. The van der Waals surface area contributed by atoms with E-state index in [-0.39, 0.29) is 12.0 Å². The lowest BCUT2D eigenvalue weighted by molar-refractivity contribution is -0.136. The first-order chi connectivity index (χ1) is 13.1. The Bertz CT molecular complexity index is 1070. The number of nitriles is 1. The third kappa shape index (κ3) is 4.66. The quantitative estimate of drug-likeness (QED) is 0.638. The number of thioether (sulfide) groups is 1. The van der Waals surface area contributed by atoms with Crippen molar-refractivity contribution in [3.63, 3.8) is 0 Å². The molecule has 0 radical (unpaired) electrons. The summed E-state index contributed by atoms with van der Waals surface area (Å²) in [5.41, 5.74) is 3.21. The molecule has 0 spiro atoms. The van der Waals surface area contributed by atoms with Gasteiger partial charge in [-0.25, -0.2) is 0 Å². The topological polar surface area (TPSA) is 94.0 Å². The molecule has 134 valence electrons. The molecular weight excluding hydrogens is 360 g/mol. The minimum atomic E-state index is -0.883. The summed E-state index contributed by atoms with van der Waals surface area (Å²) in [6.07, 6.45) is -0.0394. The van der Waals surface area contributed by atoms with Gasteiger partial charge in [-0.2, -0.15) is 5.26 Å². The van der Waals surface area contributed by atoms with Gasteiger partial charge in [0.1, 0.15) is 6.07 Å². The molecule has 2 N–H and O–H groups in total. The van der Waals surface area contributed by atoms with Gasteiger partial charge in [-0.3, -0.25) is 9.59 Å². The van der Waals surface area contributed by atoms with E-state index in [1.165, 1.54) is 17.8 Å². The van der Waals surface area contributed by atoms with Gasteiger partial charge in [0.15, 0.2) is 0 Å². The van der Waals surface area contributed by atoms with Gasteiger partial charge in [-0.15, -0.1) is 11.8 Å². The standard InChI is InChI=1S/C21H16N2O3S/c22-12-18-17(16-7-2-1-3-8-16)11-19(24)23-21(18)27-13-15-6-4-5-14(9-15)10-20(25)26/h1-9,11H,10,13H2,(H,23,24)(H,25,26). The minimum Gasteiger partial charge on any atom is -0.481 e. The van der Waals surface area contributed by atoms with Crippen LogP contribution in [-0.2, 0) is 17.0 Å². The van der Waals surface area contributed by atoms with Crippen molar-refractivity contribution in [3.05, 3.63) is 87.7 Å². The number of hydrogen-bond donors (Lipinski definition) is 2. The number of nitrogens with zero attached hydrogens (tertiary/aromatic N) is 1. The van der Waals surface area contributed by atoms with Gasteiger partial charge < -0.3 is 10.1 Å². The van der Waals surface area contributed by atoms with Crippen molar-refractivity contribution < 1.29 is 9.90 Å². The molecule has 27 heavy (non-hydrogen) atoms. The average Bonchev–Trinajstić information content (AvgIpc) is 2.66. The number of rotatable bonds is 6. The Morgan fingerprint density at radius 3 is 2.52 bits per heavy atom. The van der Waals surface area contributed by atoms with Crippen LogP contribution >= 0.6 is 11.8 Å². The fourth-order valence-electron chi connectivity index (χ4n) is 2.76. The van der Waals surface area contributed by atoms with E-state index in [1.807, 2.05) is 48.5 Å². The lowest BCUT2D eigenvalue weighted by atomic mass is 10.0. The fourth-order valence-corrected chi connectivity index (χ4v) is 3.72. The molecule has 6 heteroatoms. The number of carboxylic acids is 1. The van der Waals surface area contributed by atoms with Crippen molar-refractivity contribution >= 4 is 17.7 Å². The van der Waals surface area contributed by atoms with Crippen molar-refractivity contribution in [2.45, 2.75) is 17.2 Å². The van der Waals surface area contributed by atoms with Crippen LogP contribution in [0.15, 0.2) is 70.5 Å². The van der Waals surface area contributed by atoms with Crippen LogP contribution in [0.1, 0.15) is 16.7 Å². The van der Waals surface area contributed by atoms with Gasteiger partial charge in [-0.1, -0.05) is 54.6 Å². The van der Waals surface area contributed by atoms with Gasteiger partial charge in [0.25, 0.3) is 0 Å². The molecule has 0 aliphatic carbocycles.